The first-order valence-corrected chi connectivity index (χ1v) is 9.44. The number of ether oxygens (including phenoxy) is 2. The maximum Gasteiger partial charge on any atom is 0.119 e. The van der Waals surface area contributed by atoms with Gasteiger partial charge in [-0.1, -0.05) is 48.0 Å². The van der Waals surface area contributed by atoms with Gasteiger partial charge in [0.2, 0.25) is 0 Å². The van der Waals surface area contributed by atoms with Crippen molar-refractivity contribution < 1.29 is 14.6 Å². The van der Waals surface area contributed by atoms with Crippen molar-refractivity contribution in [2.75, 3.05) is 26.3 Å². The quantitative estimate of drug-likeness (QED) is 0.748. The van der Waals surface area contributed by atoms with Crippen LogP contribution in [0.25, 0.3) is 0 Å². The summed E-state index contributed by atoms with van der Waals surface area (Å²) in [7, 11) is 0. The van der Waals surface area contributed by atoms with E-state index in [1.165, 1.54) is 11.1 Å². The molecule has 1 N–H and O–H groups in total. The third-order valence-corrected chi connectivity index (χ3v) is 4.63. The predicted molar refractivity (Wildman–Crippen MR) is 103 cm³/mol. The van der Waals surface area contributed by atoms with Crippen LogP contribution in [0.1, 0.15) is 24.0 Å². The summed E-state index contributed by atoms with van der Waals surface area (Å²) in [6.45, 7) is 5.47. The molecule has 26 heavy (non-hydrogen) atoms. The third kappa shape index (κ3) is 6.13. The largest absolute Gasteiger partial charge is 0.491 e. The molecule has 1 fully saturated rings. The molecule has 140 valence electrons. The van der Waals surface area contributed by atoms with Gasteiger partial charge < -0.3 is 14.6 Å². The van der Waals surface area contributed by atoms with Gasteiger partial charge in [0.1, 0.15) is 18.5 Å². The highest BCUT2D eigenvalue weighted by molar-refractivity contribution is 5.22. The zero-order chi connectivity index (χ0) is 18.2. The normalized spacial score (nSPS) is 18.2. The number of aryl methyl sites for hydroxylation is 1. The van der Waals surface area contributed by atoms with Crippen LogP contribution in [0.5, 0.6) is 5.75 Å². The molecule has 0 spiro atoms. The zero-order valence-corrected chi connectivity index (χ0v) is 15.5. The summed E-state index contributed by atoms with van der Waals surface area (Å²) in [5.74, 6) is 0.788. The van der Waals surface area contributed by atoms with E-state index < -0.39 is 6.10 Å². The maximum atomic E-state index is 10.5. The number of hydrogen-bond donors (Lipinski definition) is 1. The molecule has 0 amide bonds. The van der Waals surface area contributed by atoms with E-state index in [2.05, 4.69) is 36.1 Å². The van der Waals surface area contributed by atoms with Gasteiger partial charge in [0.15, 0.2) is 0 Å². The number of rotatable bonds is 9. The molecule has 2 atom stereocenters. The molecule has 3 rings (SSSR count). The predicted octanol–water partition coefficient (Wildman–Crippen LogP) is 3.42. The van der Waals surface area contributed by atoms with Crippen LogP contribution >= 0.6 is 0 Å². The third-order valence-electron chi connectivity index (χ3n) is 4.63. The minimum absolute atomic E-state index is 0.266. The molecule has 1 saturated heterocycles. The van der Waals surface area contributed by atoms with Crippen molar-refractivity contribution in [1.82, 2.24) is 4.90 Å². The second kappa shape index (κ2) is 9.72. The van der Waals surface area contributed by atoms with Gasteiger partial charge >= 0.3 is 0 Å². The van der Waals surface area contributed by atoms with Crippen molar-refractivity contribution in [2.24, 2.45) is 0 Å². The van der Waals surface area contributed by atoms with Crippen LogP contribution in [0.4, 0.5) is 0 Å². The molecule has 1 aliphatic heterocycles. The lowest BCUT2D eigenvalue weighted by Crippen LogP contribution is -2.39. The van der Waals surface area contributed by atoms with Gasteiger partial charge in [-0.25, -0.2) is 0 Å². The van der Waals surface area contributed by atoms with E-state index in [0.29, 0.717) is 13.2 Å². The minimum atomic E-state index is -0.540. The summed E-state index contributed by atoms with van der Waals surface area (Å²) in [4.78, 5) is 2.28. The molecule has 0 radical (unpaired) electrons. The highest BCUT2D eigenvalue weighted by Gasteiger charge is 2.21. The molecule has 0 unspecified atom stereocenters. The van der Waals surface area contributed by atoms with Gasteiger partial charge in [-0.3, -0.25) is 4.90 Å². The van der Waals surface area contributed by atoms with Crippen LogP contribution in [0, 0.1) is 6.92 Å². The molecular weight excluding hydrogens is 326 g/mol. The SMILES string of the molecule is Cc1cccc(CN(C[C@@H](O)COc2ccccc2)C[C@@H]2CCCO2)c1. The van der Waals surface area contributed by atoms with Gasteiger partial charge in [-0.2, -0.15) is 0 Å². The summed E-state index contributed by atoms with van der Waals surface area (Å²) in [6.07, 6.45) is 1.95. The van der Waals surface area contributed by atoms with Crippen molar-refractivity contribution in [3.63, 3.8) is 0 Å². The van der Waals surface area contributed by atoms with Crippen LogP contribution in [0.3, 0.4) is 0 Å². The topological polar surface area (TPSA) is 41.9 Å². The van der Waals surface area contributed by atoms with E-state index in [4.69, 9.17) is 9.47 Å². The van der Waals surface area contributed by atoms with Gasteiger partial charge in [-0.05, 0) is 37.5 Å². The number of nitrogens with zero attached hydrogens (tertiary/aromatic N) is 1. The van der Waals surface area contributed by atoms with Crippen LogP contribution in [-0.4, -0.2) is 48.5 Å². The monoisotopic (exact) mass is 355 g/mol. The Bertz CT molecular complexity index is 655. The lowest BCUT2D eigenvalue weighted by molar-refractivity contribution is 0.0313. The molecular formula is C22H29NO3. The van der Waals surface area contributed by atoms with Crippen LogP contribution in [0.15, 0.2) is 54.6 Å². The Hall–Kier alpha value is -1.88. The Morgan fingerprint density at radius 2 is 2.04 bits per heavy atom. The fraction of sp³-hybridized carbons (Fsp3) is 0.455. The summed E-state index contributed by atoms with van der Waals surface area (Å²) in [5.41, 5.74) is 2.52. The molecule has 1 heterocycles. The summed E-state index contributed by atoms with van der Waals surface area (Å²) in [6, 6.07) is 18.2. The summed E-state index contributed by atoms with van der Waals surface area (Å²) >= 11 is 0. The second-order valence-electron chi connectivity index (χ2n) is 7.10. The van der Waals surface area contributed by atoms with Crippen molar-refractivity contribution in [2.45, 2.75) is 38.5 Å². The first-order valence-electron chi connectivity index (χ1n) is 9.44. The smallest absolute Gasteiger partial charge is 0.119 e. The first kappa shape index (κ1) is 18.9. The number of hydrogen-bond acceptors (Lipinski definition) is 4. The molecule has 4 nitrogen and oxygen atoms in total. The highest BCUT2D eigenvalue weighted by atomic mass is 16.5. The van der Waals surface area contributed by atoms with Crippen molar-refractivity contribution in [3.8, 4) is 5.75 Å². The van der Waals surface area contributed by atoms with Gasteiger partial charge in [0, 0.05) is 26.2 Å². The maximum absolute atomic E-state index is 10.5. The Morgan fingerprint density at radius 1 is 1.19 bits per heavy atom. The van der Waals surface area contributed by atoms with Crippen LogP contribution < -0.4 is 4.74 Å². The van der Waals surface area contributed by atoms with E-state index in [9.17, 15) is 5.11 Å². The lowest BCUT2D eigenvalue weighted by atomic mass is 10.1. The summed E-state index contributed by atoms with van der Waals surface area (Å²) < 4.78 is 11.5. The number of aliphatic hydroxyl groups excluding tert-OH is 1. The molecule has 2 aromatic carbocycles. The van der Waals surface area contributed by atoms with Crippen LogP contribution in [-0.2, 0) is 11.3 Å². The Balaban J connectivity index is 1.56. The first-order chi connectivity index (χ1) is 12.7. The van der Waals surface area contributed by atoms with Crippen molar-refractivity contribution in [3.05, 3.63) is 65.7 Å². The fourth-order valence-electron chi connectivity index (χ4n) is 3.41. The Kier molecular flexibility index (Phi) is 7.06. The molecule has 0 aromatic heterocycles. The Morgan fingerprint density at radius 3 is 2.77 bits per heavy atom. The van der Waals surface area contributed by atoms with Gasteiger partial charge in [0.25, 0.3) is 0 Å². The highest BCUT2D eigenvalue weighted by Crippen LogP contribution is 2.16. The van der Waals surface area contributed by atoms with E-state index >= 15 is 0 Å². The molecule has 0 bridgehead atoms. The summed E-state index contributed by atoms with van der Waals surface area (Å²) in [5, 5.41) is 10.5. The van der Waals surface area contributed by atoms with Crippen molar-refractivity contribution >= 4 is 0 Å². The zero-order valence-electron chi connectivity index (χ0n) is 15.5. The molecule has 4 heteroatoms. The van der Waals surface area contributed by atoms with E-state index in [1.807, 2.05) is 30.3 Å². The number of aliphatic hydroxyl groups is 1. The van der Waals surface area contributed by atoms with E-state index in [1.54, 1.807) is 0 Å². The second-order valence-corrected chi connectivity index (χ2v) is 7.10. The minimum Gasteiger partial charge on any atom is -0.491 e. The molecule has 0 aliphatic carbocycles. The Labute approximate surface area is 156 Å². The average molecular weight is 355 g/mol. The lowest BCUT2D eigenvalue weighted by Gasteiger charge is -2.27. The molecule has 2 aromatic rings. The standard InChI is InChI=1S/C22H29NO3/c1-18-7-5-8-19(13-18)14-23(16-22-11-6-12-25-22)15-20(24)17-26-21-9-3-2-4-10-21/h2-5,7-10,13,20,22,24H,6,11-12,14-17H2,1H3/t20-,22+/m1/s1. The van der Waals surface area contributed by atoms with Crippen LogP contribution in [0.2, 0.25) is 0 Å². The number of benzene rings is 2. The number of para-hydroxylation sites is 1. The fourth-order valence-corrected chi connectivity index (χ4v) is 3.41. The van der Waals surface area contributed by atoms with E-state index in [0.717, 1.165) is 38.3 Å². The average Bonchev–Trinajstić information content (AvgIpc) is 3.14. The molecule has 1 aliphatic rings. The molecule has 0 saturated carbocycles. The van der Waals surface area contributed by atoms with Gasteiger partial charge in [0.05, 0.1) is 6.10 Å². The van der Waals surface area contributed by atoms with E-state index in [-0.39, 0.29) is 6.10 Å². The van der Waals surface area contributed by atoms with Gasteiger partial charge in [-0.15, -0.1) is 0 Å². The van der Waals surface area contributed by atoms with Crippen molar-refractivity contribution in [1.29, 1.82) is 0 Å².